The van der Waals surface area contributed by atoms with Gasteiger partial charge in [0.25, 0.3) is 0 Å². The lowest BCUT2D eigenvalue weighted by molar-refractivity contribution is -0.135. The van der Waals surface area contributed by atoms with E-state index in [1.54, 1.807) is 0 Å². The summed E-state index contributed by atoms with van der Waals surface area (Å²) < 4.78 is 18.1. The number of aromatic hydroxyl groups is 2. The molecule has 2 saturated heterocycles. The van der Waals surface area contributed by atoms with Crippen molar-refractivity contribution in [2.24, 2.45) is 11.5 Å². The summed E-state index contributed by atoms with van der Waals surface area (Å²) in [6.07, 6.45) is 4.76. The summed E-state index contributed by atoms with van der Waals surface area (Å²) in [4.78, 5) is 135. The van der Waals surface area contributed by atoms with E-state index in [0.29, 0.717) is 42.2 Å². The number of hydrogen-bond acceptors (Lipinski definition) is 19. The Labute approximate surface area is 536 Å². The fourth-order valence-electron chi connectivity index (χ4n) is 10.2. The number of aryl methyl sites for hydroxylation is 1. The zero-order chi connectivity index (χ0) is 66.5. The maximum atomic E-state index is 14.4. The second kappa shape index (κ2) is 37.5. The Bertz CT molecular complexity index is 2980. The molecule has 3 aliphatic rings. The number of carbonyl (C=O) groups is 10. The van der Waals surface area contributed by atoms with Crippen LogP contribution in [0.2, 0.25) is 0 Å². The summed E-state index contributed by atoms with van der Waals surface area (Å²) >= 11 is 1.84. The van der Waals surface area contributed by atoms with Crippen molar-refractivity contribution in [3.63, 3.8) is 0 Å². The number of guanidine groups is 1. The van der Waals surface area contributed by atoms with Crippen molar-refractivity contribution < 1.29 is 72.4 Å². The van der Waals surface area contributed by atoms with Gasteiger partial charge in [-0.1, -0.05) is 35.9 Å². The molecular weight excluding hydrogens is 1220 g/mol. The molecule has 0 radical (unpaired) electrons. The van der Waals surface area contributed by atoms with E-state index < -0.39 is 96.2 Å². The predicted molar refractivity (Wildman–Crippen MR) is 334 cm³/mol. The molecule has 32 nitrogen and oxygen atoms in total. The van der Waals surface area contributed by atoms with Crippen molar-refractivity contribution in [3.8, 4) is 11.5 Å². The number of aromatic nitrogens is 3. The van der Waals surface area contributed by atoms with Gasteiger partial charge in [0.05, 0.1) is 50.8 Å². The van der Waals surface area contributed by atoms with Crippen molar-refractivity contribution >= 4 is 76.9 Å². The van der Waals surface area contributed by atoms with Crippen molar-refractivity contribution in [1.29, 1.82) is 5.41 Å². The first kappa shape index (κ1) is 72.2. The summed E-state index contributed by atoms with van der Waals surface area (Å²) in [6, 6.07) is 2.32. The Hall–Kier alpha value is -8.82. The van der Waals surface area contributed by atoms with Gasteiger partial charge in [-0.25, -0.2) is 4.79 Å². The fraction of sp³-hybridized carbons (Fsp3) is 0.576. The third-order valence-corrected chi connectivity index (χ3v) is 16.7. The molecule has 11 amide bonds. The SMILES string of the molecule is C[C@H]1NC(=O)[C@@H](NC(=O)COCCOCCOCCNC(=O)CCCC[C@H]2SC[C@H]3NC(=O)N[C@H]32)Cc2cn(nn2)CCCC[C@@H](C(N)=O)NC(=O)[C@@H](Cc2ccc(O)cc2)NC(=O)[C@@H](C)NC(=O)[C@@H](CCCNC(=N)N)NC(=O)[C@@H](Cc2ccc(O)cc2)NC1=O. The molecule has 0 spiro atoms. The highest BCUT2D eigenvalue weighted by molar-refractivity contribution is 8.00. The van der Waals surface area contributed by atoms with Gasteiger partial charge in [0, 0.05) is 62.5 Å². The molecule has 92 heavy (non-hydrogen) atoms. The van der Waals surface area contributed by atoms with Crippen LogP contribution in [0.4, 0.5) is 4.79 Å². The summed E-state index contributed by atoms with van der Waals surface area (Å²) in [5.74, 6) is -6.29. The number of nitrogens with two attached hydrogens (primary N) is 2. The van der Waals surface area contributed by atoms with Gasteiger partial charge in [0.2, 0.25) is 53.2 Å². The minimum absolute atomic E-state index is 0.0104. The average Bonchev–Trinajstić information content (AvgIpc) is 1.67. The molecule has 3 aliphatic heterocycles. The Morgan fingerprint density at radius 2 is 1.24 bits per heavy atom. The van der Waals surface area contributed by atoms with Gasteiger partial charge in [-0.2, -0.15) is 11.8 Å². The van der Waals surface area contributed by atoms with Gasteiger partial charge in [0.1, 0.15) is 60.4 Å². The number of ether oxygens (including phenoxy) is 3. The molecule has 4 heterocycles. The van der Waals surface area contributed by atoms with Crippen LogP contribution in [0.5, 0.6) is 11.5 Å². The molecule has 6 rings (SSSR count). The molecule has 2 aromatic carbocycles. The molecule has 504 valence electrons. The van der Waals surface area contributed by atoms with Crippen LogP contribution in [-0.2, 0) is 83.2 Å². The minimum Gasteiger partial charge on any atom is -0.508 e. The van der Waals surface area contributed by atoms with Gasteiger partial charge in [-0.15, -0.1) is 5.10 Å². The van der Waals surface area contributed by atoms with Gasteiger partial charge >= 0.3 is 6.03 Å². The number of phenols is 2. The molecule has 1 aromatic heterocycles. The van der Waals surface area contributed by atoms with Crippen LogP contribution in [0, 0.1) is 5.41 Å². The van der Waals surface area contributed by atoms with Gasteiger partial charge in [-0.3, -0.25) is 53.2 Å². The molecule has 0 aliphatic carbocycles. The van der Waals surface area contributed by atoms with E-state index in [9.17, 15) is 58.2 Å². The van der Waals surface area contributed by atoms with Crippen LogP contribution < -0.4 is 70.0 Å². The largest absolute Gasteiger partial charge is 0.508 e. The van der Waals surface area contributed by atoms with Crippen LogP contribution in [-0.4, -0.2) is 208 Å². The molecule has 0 unspecified atom stereocenters. The topological polar surface area (TPSA) is 478 Å². The van der Waals surface area contributed by atoms with Crippen LogP contribution in [0.3, 0.4) is 0 Å². The second-order valence-corrected chi connectivity index (χ2v) is 23.9. The normalized spacial score (nSPS) is 23.7. The van der Waals surface area contributed by atoms with Gasteiger partial charge in [-0.05, 0) is 94.2 Å². The number of amides is 11. The highest BCUT2D eigenvalue weighted by Crippen LogP contribution is 2.33. The number of rotatable bonds is 26. The standard InChI is InChI=1S/C59H87N17O15S/c1-34-52(82)70-43(28-36-12-16-39(77)17-13-36)56(86)68-41(51(60)81)8-5-6-22-76-31-38(74-75-76)30-45(67-49(80)32-91-27-26-90-25-24-89-23-21-63-48(79)11-4-3-10-47-50-46(33-92-47)72-59(88)73-50)55(85)66-35(2)53(83)71-44(29-37-14-18-40(78)19-15-37)57(87)69-42(54(84)65-34)9-7-20-64-58(61)62/h12-19,31,34-35,41-47,50,77-78H,3-11,20-30,32-33H2,1-2H3,(H2,60,81)(H,63,79)(H,65,84)(H,66,85)(H,67,80)(H,68,86)(H,69,87)(H,70,82)(H,71,83)(H4,61,62,64)(H2,72,73,88)/t34-,35-,41+,42-,43-,44-,45+,46-,47-,50-/m1/s1. The number of hydrogen-bond donors (Lipinski definition) is 16. The number of carbonyl (C=O) groups excluding carboxylic acids is 10. The molecule has 3 aromatic rings. The zero-order valence-corrected chi connectivity index (χ0v) is 52.4. The number of phenolic OH excluding ortho intramolecular Hbond substituents is 2. The first-order chi connectivity index (χ1) is 44.1. The zero-order valence-electron chi connectivity index (χ0n) is 51.6. The first-order valence-corrected chi connectivity index (χ1v) is 31.8. The maximum Gasteiger partial charge on any atom is 0.315 e. The Morgan fingerprint density at radius 1 is 0.652 bits per heavy atom. The van der Waals surface area contributed by atoms with E-state index in [-0.39, 0.29) is 132 Å². The van der Waals surface area contributed by atoms with Gasteiger partial charge in [0.15, 0.2) is 5.96 Å². The first-order valence-electron chi connectivity index (χ1n) is 30.7. The highest BCUT2D eigenvalue weighted by Gasteiger charge is 2.42. The van der Waals surface area contributed by atoms with E-state index in [1.807, 2.05) is 11.8 Å². The van der Waals surface area contributed by atoms with Crippen molar-refractivity contribution in [1.82, 2.24) is 73.5 Å². The lowest BCUT2D eigenvalue weighted by atomic mass is 10.0. The van der Waals surface area contributed by atoms with Crippen molar-refractivity contribution in [2.45, 2.75) is 157 Å². The summed E-state index contributed by atoms with van der Waals surface area (Å²) in [5.41, 5.74) is 12.5. The van der Waals surface area contributed by atoms with Crippen molar-refractivity contribution in [3.05, 3.63) is 71.5 Å². The smallest absolute Gasteiger partial charge is 0.315 e. The highest BCUT2D eigenvalue weighted by atomic mass is 32.2. The minimum atomic E-state index is -1.44. The molecule has 0 saturated carbocycles. The molecule has 10 atom stereocenters. The predicted octanol–water partition coefficient (Wildman–Crippen LogP) is -3.03. The van der Waals surface area contributed by atoms with Gasteiger partial charge < -0.3 is 94.4 Å². The number of benzene rings is 2. The number of nitrogens with one attached hydrogen (secondary N) is 12. The number of nitrogens with zero attached hydrogens (tertiary/aromatic N) is 3. The number of urea groups is 1. The number of unbranched alkanes of at least 4 members (excludes halogenated alkanes) is 1. The van der Waals surface area contributed by atoms with Crippen molar-refractivity contribution in [2.75, 3.05) is 58.5 Å². The lowest BCUT2D eigenvalue weighted by Gasteiger charge is -2.27. The fourth-order valence-corrected chi connectivity index (χ4v) is 11.7. The van der Waals surface area contributed by atoms with Crippen LogP contribution >= 0.6 is 11.8 Å². The Balaban J connectivity index is 1.08. The Kier molecular flexibility index (Phi) is 29.4. The molecule has 33 heteroatoms. The van der Waals surface area contributed by atoms with E-state index in [1.165, 1.54) is 73.3 Å². The third kappa shape index (κ3) is 25.1. The lowest BCUT2D eigenvalue weighted by Crippen LogP contribution is -2.60. The van der Waals surface area contributed by atoms with Crippen LogP contribution in [0.25, 0.3) is 0 Å². The molecule has 18 N–H and O–H groups in total. The summed E-state index contributed by atoms with van der Waals surface area (Å²) in [6.45, 7) is 3.64. The number of primary amides is 1. The monoisotopic (exact) mass is 1310 g/mol. The summed E-state index contributed by atoms with van der Waals surface area (Å²) in [5, 5.41) is 66.0. The third-order valence-electron chi connectivity index (χ3n) is 15.2. The van der Waals surface area contributed by atoms with Crippen LogP contribution in [0.1, 0.15) is 88.5 Å². The van der Waals surface area contributed by atoms with E-state index in [0.717, 1.165) is 25.0 Å². The Morgan fingerprint density at radius 3 is 1.87 bits per heavy atom. The molecule has 2 fully saturated rings. The summed E-state index contributed by atoms with van der Waals surface area (Å²) in [7, 11) is 0. The quantitative estimate of drug-likeness (QED) is 0.0165. The maximum absolute atomic E-state index is 14.4. The van der Waals surface area contributed by atoms with E-state index in [4.69, 9.17) is 31.1 Å². The second-order valence-electron chi connectivity index (χ2n) is 22.6. The number of thioether (sulfide) groups is 1. The van der Waals surface area contributed by atoms with E-state index in [2.05, 4.69) is 68.8 Å². The number of fused-ring (bicyclic) bond motifs is 3. The van der Waals surface area contributed by atoms with E-state index >= 15 is 0 Å². The average molecular weight is 1310 g/mol. The molecule has 2 bridgehead atoms. The van der Waals surface area contributed by atoms with Crippen LogP contribution in [0.15, 0.2) is 54.7 Å². The molecular formula is C59H87N17O15S.